The second-order valence-electron chi connectivity index (χ2n) is 4.29. The van der Waals surface area contributed by atoms with Crippen molar-refractivity contribution in [2.24, 2.45) is 0 Å². The molecule has 108 valence electrons. The Labute approximate surface area is 115 Å². The zero-order valence-corrected chi connectivity index (χ0v) is 11.0. The molecule has 1 aliphatic rings. The van der Waals surface area contributed by atoms with E-state index in [2.05, 4.69) is 10.6 Å². The molecule has 2 rings (SSSR count). The predicted octanol–water partition coefficient (Wildman–Crippen LogP) is 0.0753. The van der Waals surface area contributed by atoms with Gasteiger partial charge in [-0.05, 0) is 12.1 Å². The zero-order chi connectivity index (χ0) is 14.5. The first-order valence-electron chi connectivity index (χ1n) is 6.14. The van der Waals surface area contributed by atoms with Crippen LogP contribution in [0.4, 0.5) is 5.69 Å². The molecule has 0 bridgehead atoms. The molecule has 0 saturated heterocycles. The van der Waals surface area contributed by atoms with Crippen molar-refractivity contribution >= 4 is 17.6 Å². The van der Waals surface area contributed by atoms with Gasteiger partial charge in [0, 0.05) is 7.11 Å². The summed E-state index contributed by atoms with van der Waals surface area (Å²) in [5.41, 5.74) is 0.830. The summed E-state index contributed by atoms with van der Waals surface area (Å²) in [4.78, 5) is 22.7. The maximum absolute atomic E-state index is 11.9. The minimum absolute atomic E-state index is 0.105. The van der Waals surface area contributed by atoms with E-state index in [1.165, 1.54) is 7.11 Å². The molecule has 0 aromatic heterocycles. The molecule has 20 heavy (non-hydrogen) atoms. The number of nitrogens with one attached hydrogen (secondary N) is 2. The summed E-state index contributed by atoms with van der Waals surface area (Å²) in [6, 6.07) is 7.30. The van der Waals surface area contributed by atoms with Crippen molar-refractivity contribution in [2.45, 2.75) is 12.2 Å². The number of methoxy groups -OCH3 is 1. The van der Waals surface area contributed by atoms with E-state index in [0.717, 1.165) is 5.69 Å². The lowest BCUT2D eigenvalue weighted by atomic mass is 10.2. The van der Waals surface area contributed by atoms with Crippen molar-refractivity contribution in [3.05, 3.63) is 24.3 Å². The van der Waals surface area contributed by atoms with Gasteiger partial charge in [-0.25, -0.2) is 4.79 Å². The van der Waals surface area contributed by atoms with Gasteiger partial charge in [0.15, 0.2) is 12.2 Å². The van der Waals surface area contributed by atoms with Crippen LogP contribution in [-0.4, -0.2) is 49.4 Å². The van der Waals surface area contributed by atoms with E-state index in [9.17, 15) is 9.59 Å². The normalized spacial score (nSPS) is 18.1. The first kappa shape index (κ1) is 14.1. The van der Waals surface area contributed by atoms with Gasteiger partial charge in [0.25, 0.3) is 5.91 Å². The number of fused-ring (bicyclic) bond motifs is 1. The lowest BCUT2D eigenvalue weighted by Gasteiger charge is -2.26. The monoisotopic (exact) mass is 280 g/mol. The van der Waals surface area contributed by atoms with Gasteiger partial charge in [0.1, 0.15) is 5.75 Å². The Kier molecular flexibility index (Phi) is 4.41. The van der Waals surface area contributed by atoms with E-state index < -0.39 is 18.2 Å². The SMILES string of the molecule is COC(CNC(=O)C1CNc2ccccc2O1)C(=O)O. The average Bonchev–Trinajstić information content (AvgIpc) is 2.46. The molecule has 1 aromatic rings. The highest BCUT2D eigenvalue weighted by atomic mass is 16.5. The number of carbonyl (C=O) groups excluding carboxylic acids is 1. The summed E-state index contributed by atoms with van der Waals surface area (Å²) in [6.07, 6.45) is -1.76. The number of anilines is 1. The maximum atomic E-state index is 11.9. The summed E-state index contributed by atoms with van der Waals surface area (Å²) in [5.74, 6) is -0.906. The van der Waals surface area contributed by atoms with E-state index in [-0.39, 0.29) is 12.5 Å². The molecule has 0 saturated carbocycles. The molecule has 2 atom stereocenters. The number of rotatable bonds is 5. The highest BCUT2D eigenvalue weighted by molar-refractivity contribution is 5.83. The Morgan fingerprint density at radius 3 is 3.00 bits per heavy atom. The van der Waals surface area contributed by atoms with Gasteiger partial charge in [-0.1, -0.05) is 12.1 Å². The minimum atomic E-state index is -1.12. The molecule has 0 radical (unpaired) electrons. The predicted molar refractivity (Wildman–Crippen MR) is 70.8 cm³/mol. The molecule has 1 heterocycles. The van der Waals surface area contributed by atoms with Crippen LogP contribution >= 0.6 is 0 Å². The maximum Gasteiger partial charge on any atom is 0.334 e. The Morgan fingerprint density at radius 2 is 2.30 bits per heavy atom. The van der Waals surface area contributed by atoms with Crippen LogP contribution in [-0.2, 0) is 14.3 Å². The third kappa shape index (κ3) is 3.18. The van der Waals surface area contributed by atoms with Crippen LogP contribution in [0.25, 0.3) is 0 Å². The number of hydrogen-bond acceptors (Lipinski definition) is 5. The number of amides is 1. The highest BCUT2D eigenvalue weighted by Crippen LogP contribution is 2.28. The molecule has 7 heteroatoms. The summed E-state index contributed by atoms with van der Waals surface area (Å²) >= 11 is 0. The van der Waals surface area contributed by atoms with Crippen LogP contribution < -0.4 is 15.4 Å². The van der Waals surface area contributed by atoms with Crippen LogP contribution in [0.1, 0.15) is 0 Å². The van der Waals surface area contributed by atoms with Gasteiger partial charge in [-0.2, -0.15) is 0 Å². The van der Waals surface area contributed by atoms with Crippen molar-refractivity contribution in [2.75, 3.05) is 25.5 Å². The smallest absolute Gasteiger partial charge is 0.334 e. The number of carboxylic acids is 1. The number of ether oxygens (including phenoxy) is 2. The van der Waals surface area contributed by atoms with Crippen LogP contribution in [0.15, 0.2) is 24.3 Å². The van der Waals surface area contributed by atoms with Gasteiger partial charge in [-0.15, -0.1) is 0 Å². The van der Waals surface area contributed by atoms with Crippen molar-refractivity contribution in [1.29, 1.82) is 0 Å². The lowest BCUT2D eigenvalue weighted by molar-refractivity contribution is -0.148. The highest BCUT2D eigenvalue weighted by Gasteiger charge is 2.27. The van der Waals surface area contributed by atoms with E-state index in [1.54, 1.807) is 6.07 Å². The summed E-state index contributed by atoms with van der Waals surface area (Å²) in [6.45, 7) is 0.222. The Bertz CT molecular complexity index is 505. The van der Waals surface area contributed by atoms with Crippen LogP contribution in [0, 0.1) is 0 Å². The van der Waals surface area contributed by atoms with E-state index >= 15 is 0 Å². The molecule has 2 unspecified atom stereocenters. The van der Waals surface area contributed by atoms with E-state index in [4.69, 9.17) is 14.6 Å². The second-order valence-corrected chi connectivity index (χ2v) is 4.29. The van der Waals surface area contributed by atoms with E-state index in [0.29, 0.717) is 12.3 Å². The number of aliphatic carboxylic acids is 1. The number of hydrogen-bond donors (Lipinski definition) is 3. The zero-order valence-electron chi connectivity index (χ0n) is 11.0. The van der Waals surface area contributed by atoms with E-state index in [1.807, 2.05) is 18.2 Å². The lowest BCUT2D eigenvalue weighted by Crippen LogP contribution is -2.47. The molecule has 0 spiro atoms. The second kappa shape index (κ2) is 6.25. The fraction of sp³-hybridized carbons (Fsp3) is 0.385. The van der Waals surface area contributed by atoms with Gasteiger partial charge in [-0.3, -0.25) is 4.79 Å². The van der Waals surface area contributed by atoms with Crippen LogP contribution in [0.5, 0.6) is 5.75 Å². The summed E-state index contributed by atoms with van der Waals surface area (Å²) < 4.78 is 10.3. The van der Waals surface area contributed by atoms with Crippen molar-refractivity contribution in [3.8, 4) is 5.75 Å². The third-order valence-corrected chi connectivity index (χ3v) is 2.95. The van der Waals surface area contributed by atoms with Crippen molar-refractivity contribution in [3.63, 3.8) is 0 Å². The molecular formula is C13H16N2O5. The number of benzene rings is 1. The first-order valence-corrected chi connectivity index (χ1v) is 6.14. The fourth-order valence-corrected chi connectivity index (χ4v) is 1.84. The molecular weight excluding hydrogens is 264 g/mol. The van der Waals surface area contributed by atoms with Crippen molar-refractivity contribution in [1.82, 2.24) is 5.32 Å². The Balaban J connectivity index is 1.90. The number of carboxylic acid groups (broad SMARTS) is 1. The Morgan fingerprint density at radius 1 is 1.55 bits per heavy atom. The molecule has 3 N–H and O–H groups in total. The fourth-order valence-electron chi connectivity index (χ4n) is 1.84. The first-order chi connectivity index (χ1) is 9.61. The van der Waals surface area contributed by atoms with Crippen molar-refractivity contribution < 1.29 is 24.2 Å². The van der Waals surface area contributed by atoms with Gasteiger partial charge in [0.2, 0.25) is 0 Å². The molecule has 0 fully saturated rings. The molecule has 1 aromatic carbocycles. The summed E-state index contributed by atoms with van der Waals surface area (Å²) in [7, 11) is 1.28. The topological polar surface area (TPSA) is 96.9 Å². The van der Waals surface area contributed by atoms with Crippen LogP contribution in [0.3, 0.4) is 0 Å². The summed E-state index contributed by atoms with van der Waals surface area (Å²) in [5, 5.41) is 14.4. The largest absolute Gasteiger partial charge is 0.479 e. The van der Waals surface area contributed by atoms with Gasteiger partial charge in [0.05, 0.1) is 18.8 Å². The molecule has 1 amide bonds. The molecule has 7 nitrogen and oxygen atoms in total. The minimum Gasteiger partial charge on any atom is -0.479 e. The van der Waals surface area contributed by atoms with Gasteiger partial charge < -0.3 is 25.2 Å². The molecule has 0 aliphatic carbocycles. The number of para-hydroxylation sites is 2. The molecule has 1 aliphatic heterocycles. The average molecular weight is 280 g/mol. The third-order valence-electron chi connectivity index (χ3n) is 2.95. The number of carbonyl (C=O) groups is 2. The Hall–Kier alpha value is -2.28. The quantitative estimate of drug-likeness (QED) is 0.706. The van der Waals surface area contributed by atoms with Crippen LogP contribution in [0.2, 0.25) is 0 Å². The van der Waals surface area contributed by atoms with Gasteiger partial charge >= 0.3 is 5.97 Å². The standard InChI is InChI=1S/C13H16N2O5/c1-19-11(13(17)18)7-15-12(16)10-6-14-8-4-2-3-5-9(8)20-10/h2-5,10-11,14H,6-7H2,1H3,(H,15,16)(H,17,18).